The molecule has 0 spiro atoms. The van der Waals surface area contributed by atoms with E-state index in [4.69, 9.17) is 4.84 Å². The molecule has 0 amide bonds. The number of piperidine rings is 1. The van der Waals surface area contributed by atoms with E-state index in [1.165, 1.54) is 17.5 Å². The Kier molecular flexibility index (Phi) is 5.91. The first-order valence-electron chi connectivity index (χ1n) is 9.54. The fraction of sp³-hybridized carbons (Fsp3) is 0.478. The van der Waals surface area contributed by atoms with Crippen molar-refractivity contribution < 1.29 is 4.84 Å². The van der Waals surface area contributed by atoms with Crippen LogP contribution in [0.1, 0.15) is 64.2 Å². The first kappa shape index (κ1) is 19.6. The molecule has 2 aromatic rings. The summed E-state index contributed by atoms with van der Waals surface area (Å²) >= 11 is 3.54. The van der Waals surface area contributed by atoms with E-state index in [1.54, 1.807) is 0 Å². The third-order valence-electron chi connectivity index (χ3n) is 5.42. The molecule has 1 saturated heterocycles. The van der Waals surface area contributed by atoms with Crippen LogP contribution in [-0.2, 0) is 11.3 Å². The normalized spacial score (nSPS) is 20.7. The highest BCUT2D eigenvalue weighted by Gasteiger charge is 2.43. The quantitative estimate of drug-likeness (QED) is 0.537. The molecule has 1 atom stereocenters. The van der Waals surface area contributed by atoms with Crippen molar-refractivity contribution in [1.82, 2.24) is 5.06 Å². The zero-order valence-corrected chi connectivity index (χ0v) is 17.9. The Balaban J connectivity index is 1.90. The van der Waals surface area contributed by atoms with Gasteiger partial charge in [-0.15, -0.1) is 0 Å². The van der Waals surface area contributed by atoms with E-state index in [9.17, 15) is 0 Å². The van der Waals surface area contributed by atoms with Gasteiger partial charge in [0.05, 0.1) is 0 Å². The molecule has 0 N–H and O–H groups in total. The van der Waals surface area contributed by atoms with Crippen molar-refractivity contribution in [2.75, 3.05) is 0 Å². The highest BCUT2D eigenvalue weighted by Crippen LogP contribution is 2.41. The summed E-state index contributed by atoms with van der Waals surface area (Å²) in [6.45, 7) is 9.20. The Bertz CT molecular complexity index is 693. The maximum atomic E-state index is 6.77. The van der Waals surface area contributed by atoms with Crippen LogP contribution in [0, 0.1) is 0 Å². The smallest absolute Gasteiger partial charge is 0.108 e. The summed E-state index contributed by atoms with van der Waals surface area (Å²) in [6.07, 6.45) is 4.44. The Hall–Kier alpha value is -1.16. The third kappa shape index (κ3) is 4.57. The molecule has 1 fully saturated rings. The van der Waals surface area contributed by atoms with Crippen molar-refractivity contribution in [2.45, 2.75) is 70.6 Å². The lowest BCUT2D eigenvalue weighted by Gasteiger charge is -2.52. The minimum atomic E-state index is 0.00199. The number of rotatable bonds is 5. The molecule has 1 aliphatic heterocycles. The maximum absolute atomic E-state index is 6.77. The lowest BCUT2D eigenvalue weighted by Crippen LogP contribution is -2.58. The molecule has 1 heterocycles. The number of hydrogen-bond acceptors (Lipinski definition) is 2. The SMILES string of the molecule is CC1(C)CCCC(C)(C)N1OC(Cc1ccccc1)c1ccc(Br)cc1. The summed E-state index contributed by atoms with van der Waals surface area (Å²) in [7, 11) is 0. The van der Waals surface area contributed by atoms with Crippen molar-refractivity contribution in [2.24, 2.45) is 0 Å². The van der Waals surface area contributed by atoms with Gasteiger partial charge in [-0.3, -0.25) is 4.84 Å². The van der Waals surface area contributed by atoms with Gasteiger partial charge in [0.15, 0.2) is 0 Å². The van der Waals surface area contributed by atoms with Gasteiger partial charge in [0.2, 0.25) is 0 Å². The van der Waals surface area contributed by atoms with Crippen LogP contribution in [-0.4, -0.2) is 16.1 Å². The standard InChI is InChI=1S/C23H30BrNO/c1-22(2)15-8-16-23(3,4)25(22)26-21(17-18-9-6-5-7-10-18)19-11-13-20(24)14-12-19/h5-7,9-14,21H,8,15-17H2,1-4H3. The van der Waals surface area contributed by atoms with Crippen LogP contribution >= 0.6 is 15.9 Å². The van der Waals surface area contributed by atoms with Gasteiger partial charge >= 0.3 is 0 Å². The van der Waals surface area contributed by atoms with Gasteiger partial charge in [-0.2, -0.15) is 5.06 Å². The van der Waals surface area contributed by atoms with Crippen molar-refractivity contribution in [3.63, 3.8) is 0 Å². The molecule has 140 valence electrons. The Morgan fingerprint density at radius 3 is 2.08 bits per heavy atom. The van der Waals surface area contributed by atoms with E-state index >= 15 is 0 Å². The molecule has 1 aliphatic rings. The van der Waals surface area contributed by atoms with Gasteiger partial charge in [-0.25, -0.2) is 0 Å². The van der Waals surface area contributed by atoms with Gasteiger partial charge in [0, 0.05) is 22.0 Å². The summed E-state index contributed by atoms with van der Waals surface area (Å²) in [4.78, 5) is 6.77. The fourth-order valence-electron chi connectivity index (χ4n) is 4.11. The topological polar surface area (TPSA) is 12.5 Å². The number of benzene rings is 2. The second kappa shape index (κ2) is 7.84. The number of nitrogens with zero attached hydrogens (tertiary/aromatic N) is 1. The van der Waals surface area contributed by atoms with E-state index in [-0.39, 0.29) is 17.2 Å². The zero-order valence-electron chi connectivity index (χ0n) is 16.3. The Morgan fingerprint density at radius 1 is 0.923 bits per heavy atom. The summed E-state index contributed by atoms with van der Waals surface area (Å²) in [5, 5.41) is 2.28. The zero-order chi connectivity index (χ0) is 18.8. The molecule has 1 unspecified atom stereocenters. The van der Waals surface area contributed by atoms with E-state index in [1.807, 2.05) is 0 Å². The second-order valence-electron chi connectivity index (χ2n) is 8.61. The fourth-order valence-corrected chi connectivity index (χ4v) is 4.37. The van der Waals surface area contributed by atoms with Gasteiger partial charge in [0.25, 0.3) is 0 Å². The van der Waals surface area contributed by atoms with E-state index in [2.05, 4.69) is 103 Å². The monoisotopic (exact) mass is 415 g/mol. The molecule has 2 nitrogen and oxygen atoms in total. The van der Waals surface area contributed by atoms with E-state index in [0.717, 1.165) is 23.7 Å². The average molecular weight is 416 g/mol. The minimum absolute atomic E-state index is 0.00199. The summed E-state index contributed by atoms with van der Waals surface area (Å²) in [6, 6.07) is 19.2. The maximum Gasteiger partial charge on any atom is 0.108 e. The van der Waals surface area contributed by atoms with Crippen molar-refractivity contribution in [3.8, 4) is 0 Å². The average Bonchev–Trinajstić information content (AvgIpc) is 2.58. The lowest BCUT2D eigenvalue weighted by atomic mass is 9.82. The van der Waals surface area contributed by atoms with Gasteiger partial charge in [-0.05, 0) is 70.2 Å². The summed E-state index contributed by atoms with van der Waals surface area (Å²) < 4.78 is 1.10. The van der Waals surface area contributed by atoms with E-state index in [0.29, 0.717) is 0 Å². The molecule has 3 heteroatoms. The molecular formula is C23H30BrNO. The highest BCUT2D eigenvalue weighted by atomic mass is 79.9. The predicted molar refractivity (Wildman–Crippen MR) is 112 cm³/mol. The largest absolute Gasteiger partial charge is 0.290 e. The second-order valence-corrected chi connectivity index (χ2v) is 9.52. The molecule has 3 rings (SSSR count). The van der Waals surface area contributed by atoms with Crippen LogP contribution in [0.4, 0.5) is 0 Å². The first-order valence-corrected chi connectivity index (χ1v) is 10.3. The lowest BCUT2D eigenvalue weighted by molar-refractivity contribution is -0.307. The molecular weight excluding hydrogens is 386 g/mol. The van der Waals surface area contributed by atoms with E-state index < -0.39 is 0 Å². The van der Waals surface area contributed by atoms with Crippen LogP contribution < -0.4 is 0 Å². The van der Waals surface area contributed by atoms with Gasteiger partial charge in [-0.1, -0.05) is 58.4 Å². The van der Waals surface area contributed by atoms with Gasteiger partial charge < -0.3 is 0 Å². The molecule has 26 heavy (non-hydrogen) atoms. The Labute approximate surface area is 166 Å². The van der Waals surface area contributed by atoms with Gasteiger partial charge in [0.1, 0.15) is 6.10 Å². The molecule has 0 radical (unpaired) electrons. The summed E-state index contributed by atoms with van der Waals surface area (Å²) in [5.41, 5.74) is 2.58. The van der Waals surface area contributed by atoms with Crippen molar-refractivity contribution in [1.29, 1.82) is 0 Å². The molecule has 2 aromatic carbocycles. The van der Waals surface area contributed by atoms with Crippen LogP contribution in [0.2, 0.25) is 0 Å². The highest BCUT2D eigenvalue weighted by molar-refractivity contribution is 9.10. The molecule has 0 saturated carbocycles. The molecule has 0 aromatic heterocycles. The van der Waals surface area contributed by atoms with Crippen molar-refractivity contribution in [3.05, 3.63) is 70.2 Å². The minimum Gasteiger partial charge on any atom is -0.290 e. The predicted octanol–water partition coefficient (Wildman–Crippen LogP) is 6.71. The molecule has 0 aliphatic carbocycles. The number of halogens is 1. The van der Waals surface area contributed by atoms with Crippen LogP contribution in [0.15, 0.2) is 59.1 Å². The third-order valence-corrected chi connectivity index (χ3v) is 5.94. The summed E-state index contributed by atoms with van der Waals surface area (Å²) in [5.74, 6) is 0. The van der Waals surface area contributed by atoms with Crippen LogP contribution in [0.3, 0.4) is 0 Å². The number of hydrogen-bond donors (Lipinski definition) is 0. The molecule has 0 bridgehead atoms. The Morgan fingerprint density at radius 2 is 1.50 bits per heavy atom. The van der Waals surface area contributed by atoms with Crippen molar-refractivity contribution >= 4 is 15.9 Å². The first-order chi connectivity index (χ1) is 12.3. The number of hydroxylamine groups is 2. The van der Waals surface area contributed by atoms with Crippen LogP contribution in [0.5, 0.6) is 0 Å². The van der Waals surface area contributed by atoms with Crippen LogP contribution in [0.25, 0.3) is 0 Å².